The minimum atomic E-state index is -0.980. The summed E-state index contributed by atoms with van der Waals surface area (Å²) in [6, 6.07) is 19.8. The van der Waals surface area contributed by atoms with E-state index in [4.69, 9.17) is 30.8 Å². The molecule has 4 aromatic rings. The standard InChI is InChI=1S/C29H37N3O5S.C11H11O3/c1-29(2,28(35)36-12-9-13-38(3,4)5)17-27(24-10-7-6-8-11-24)32-18-25(30-31-32)21-37-26-15-22(19-33)14-23(16-26)20-34;1-2-3-14-11-5-9(7-12)4-10(6-11)8-13/h6-8,10-11,14-16,18,27,33-34H,12,17,19-21H2,1-5H3;4-6,12-13H,3,7-8H2/q;+1. The molecule has 3 aromatic carbocycles. The second kappa shape index (κ2) is 20.4. The number of ether oxygens (including phenoxy) is 3. The second-order valence-corrected chi connectivity index (χ2v) is 17.1. The predicted molar refractivity (Wildman–Crippen MR) is 201 cm³/mol. The molecule has 0 fully saturated rings. The third-order valence-corrected chi connectivity index (χ3v) is 8.21. The van der Waals surface area contributed by atoms with Crippen LogP contribution in [0, 0.1) is 28.9 Å². The van der Waals surface area contributed by atoms with Gasteiger partial charge in [-0.25, -0.2) is 4.68 Å². The summed E-state index contributed by atoms with van der Waals surface area (Å²) in [6.45, 7) is 3.52. The first-order valence-corrected chi connectivity index (χ1v) is 19.3. The SMILES string of the molecule is CC(C)(CC(c1ccccc1)n1cc(COc2cc(CO)cc(CO)c2)nn1)C(=O)OCC#CS(C)(C)C.[C+]#CCOc1cc(CO)cc(CO)c1. The zero-order chi connectivity index (χ0) is 38.1. The number of benzene rings is 3. The van der Waals surface area contributed by atoms with Gasteiger partial charge in [0.05, 0.1) is 30.9 Å². The Labute approximate surface area is 307 Å². The molecule has 12 heteroatoms. The Hall–Kier alpha value is -4.60. The van der Waals surface area contributed by atoms with E-state index >= 15 is 0 Å². The molecular weight excluding hydrogens is 683 g/mol. The summed E-state index contributed by atoms with van der Waals surface area (Å²) in [5, 5.41) is 48.6. The van der Waals surface area contributed by atoms with Crippen LogP contribution < -0.4 is 9.47 Å². The fraction of sp³-hybridized carbons (Fsp3) is 0.375. The van der Waals surface area contributed by atoms with E-state index in [-0.39, 0.29) is 58.3 Å². The van der Waals surface area contributed by atoms with Crippen molar-refractivity contribution in [2.75, 3.05) is 32.0 Å². The zero-order valence-electron chi connectivity index (χ0n) is 30.3. The van der Waals surface area contributed by atoms with Gasteiger partial charge in [0.25, 0.3) is 0 Å². The van der Waals surface area contributed by atoms with Crippen LogP contribution in [0.5, 0.6) is 11.5 Å². The zero-order valence-corrected chi connectivity index (χ0v) is 31.2. The monoisotopic (exact) mass is 730 g/mol. The van der Waals surface area contributed by atoms with E-state index in [9.17, 15) is 15.0 Å². The van der Waals surface area contributed by atoms with Crippen LogP contribution in [0.2, 0.25) is 0 Å². The average molecular weight is 731 g/mol. The Kier molecular flexibility index (Phi) is 16.4. The van der Waals surface area contributed by atoms with Crippen LogP contribution in [-0.2, 0) is 42.6 Å². The first-order valence-electron chi connectivity index (χ1n) is 16.5. The Bertz CT molecular complexity index is 1790. The van der Waals surface area contributed by atoms with Crippen molar-refractivity contribution in [3.05, 3.63) is 113 Å². The van der Waals surface area contributed by atoms with Crippen molar-refractivity contribution in [1.82, 2.24) is 15.0 Å². The molecule has 0 aliphatic carbocycles. The number of aliphatic hydroxyl groups is 4. The molecule has 1 heterocycles. The fourth-order valence-electron chi connectivity index (χ4n) is 4.95. The van der Waals surface area contributed by atoms with Crippen LogP contribution >= 0.6 is 10.0 Å². The Morgan fingerprint density at radius 2 is 1.38 bits per heavy atom. The number of nitrogens with zero attached hydrogens (tertiary/aromatic N) is 3. The molecule has 0 aliphatic rings. The van der Waals surface area contributed by atoms with Gasteiger partial charge >= 0.3 is 88.2 Å². The summed E-state index contributed by atoms with van der Waals surface area (Å²) in [5.41, 5.74) is 3.45. The van der Waals surface area contributed by atoms with E-state index in [0.717, 1.165) is 5.56 Å². The van der Waals surface area contributed by atoms with Crippen molar-refractivity contribution in [3.63, 3.8) is 0 Å². The first kappa shape index (κ1) is 41.8. The predicted octanol–water partition coefficient (Wildman–Crippen LogP) is 4.69. The molecule has 0 aliphatic heterocycles. The molecule has 0 amide bonds. The van der Waals surface area contributed by atoms with Crippen molar-refractivity contribution >= 4 is 16.0 Å². The molecule has 1 aromatic heterocycles. The molecule has 11 nitrogen and oxygen atoms in total. The van der Waals surface area contributed by atoms with Crippen molar-refractivity contribution in [3.8, 4) is 28.6 Å². The molecule has 0 saturated heterocycles. The van der Waals surface area contributed by atoms with Crippen LogP contribution in [0.25, 0.3) is 0 Å². The number of carbonyl (C=O) groups excluding carboxylic acids is 1. The average Bonchev–Trinajstić information content (AvgIpc) is 3.62. The van der Waals surface area contributed by atoms with E-state index in [1.165, 1.54) is 0 Å². The molecule has 1 unspecified atom stereocenters. The number of aromatic nitrogens is 3. The summed E-state index contributed by atoms with van der Waals surface area (Å²) in [6.07, 6.45) is 15.2. The van der Waals surface area contributed by atoms with Gasteiger partial charge in [-0.1, -0.05) is 52.8 Å². The van der Waals surface area contributed by atoms with Gasteiger partial charge < -0.3 is 19.7 Å². The molecule has 0 radical (unpaired) electrons. The molecule has 1 atom stereocenters. The van der Waals surface area contributed by atoms with E-state index in [0.29, 0.717) is 45.9 Å². The quantitative estimate of drug-likeness (QED) is 0.0770. The molecule has 0 saturated carbocycles. The molecule has 4 rings (SSSR count). The number of esters is 1. The Balaban J connectivity index is 0.000000435. The van der Waals surface area contributed by atoms with Gasteiger partial charge in [0, 0.05) is 0 Å². The van der Waals surface area contributed by atoms with Crippen LogP contribution in [0.15, 0.2) is 72.9 Å². The van der Waals surface area contributed by atoms with E-state index in [1.54, 1.807) is 47.3 Å². The van der Waals surface area contributed by atoms with Crippen molar-refractivity contribution < 1.29 is 39.4 Å². The van der Waals surface area contributed by atoms with Gasteiger partial charge in [-0.05, 0) is 67.9 Å². The van der Waals surface area contributed by atoms with Crippen LogP contribution in [0.3, 0.4) is 0 Å². The maximum atomic E-state index is 13.0. The molecule has 4 N–H and O–H groups in total. The molecule has 52 heavy (non-hydrogen) atoms. The first-order chi connectivity index (χ1) is 24.8. The Morgan fingerprint density at radius 1 is 0.846 bits per heavy atom. The minimum absolute atomic E-state index is 0.0692. The molecular formula is C40H48N3O8S+. The summed E-state index contributed by atoms with van der Waals surface area (Å²) in [7, 11) is -0.980. The number of aliphatic hydroxyl groups excluding tert-OH is 4. The van der Waals surface area contributed by atoms with Gasteiger partial charge in [-0.3, -0.25) is 4.79 Å². The second-order valence-electron chi connectivity index (χ2n) is 13.3. The molecule has 0 spiro atoms. The van der Waals surface area contributed by atoms with Gasteiger partial charge in [0.15, 0.2) is 6.61 Å². The van der Waals surface area contributed by atoms with Gasteiger partial charge in [-0.2, -0.15) is 10.0 Å². The third-order valence-electron chi connectivity index (χ3n) is 7.45. The summed E-state index contributed by atoms with van der Waals surface area (Å²) in [4.78, 5) is 13.0. The normalized spacial score (nSPS) is 12.0. The molecule has 0 bridgehead atoms. The van der Waals surface area contributed by atoms with Crippen LogP contribution in [0.1, 0.15) is 59.8 Å². The number of hydrogen-bond donors (Lipinski definition) is 4. The Morgan fingerprint density at radius 3 is 1.88 bits per heavy atom. The number of hydrogen-bond acceptors (Lipinski definition) is 10. The van der Waals surface area contributed by atoms with Crippen LogP contribution in [0.4, 0.5) is 0 Å². The van der Waals surface area contributed by atoms with Crippen molar-refractivity contribution in [1.29, 1.82) is 0 Å². The van der Waals surface area contributed by atoms with Crippen LogP contribution in [-0.4, -0.2) is 73.4 Å². The van der Waals surface area contributed by atoms with E-state index < -0.39 is 15.4 Å². The fourth-order valence-corrected chi connectivity index (χ4v) is 5.44. The summed E-state index contributed by atoms with van der Waals surface area (Å²) < 4.78 is 18.2. The molecule has 276 valence electrons. The van der Waals surface area contributed by atoms with E-state index in [2.05, 4.69) is 46.2 Å². The maximum absolute atomic E-state index is 13.0. The van der Waals surface area contributed by atoms with Crippen molar-refractivity contribution in [2.45, 2.75) is 59.3 Å². The van der Waals surface area contributed by atoms with Crippen molar-refractivity contribution in [2.24, 2.45) is 5.41 Å². The van der Waals surface area contributed by atoms with Gasteiger partial charge in [0.1, 0.15) is 18.1 Å². The topological polar surface area (TPSA) is 156 Å². The summed E-state index contributed by atoms with van der Waals surface area (Å²) in [5.74, 6) is 5.79. The van der Waals surface area contributed by atoms with Gasteiger partial charge in [0.2, 0.25) is 0 Å². The number of carbonyl (C=O) groups is 1. The summed E-state index contributed by atoms with van der Waals surface area (Å²) >= 11 is 0. The third kappa shape index (κ3) is 13.8. The van der Waals surface area contributed by atoms with E-state index in [1.807, 2.05) is 44.2 Å². The van der Waals surface area contributed by atoms with Gasteiger partial charge in [-0.15, -0.1) is 5.10 Å². The number of rotatable bonds is 15.